The van der Waals surface area contributed by atoms with Gasteiger partial charge in [0.25, 0.3) is 5.56 Å². The quantitative estimate of drug-likeness (QED) is 0.0461. The second-order valence-corrected chi connectivity index (χ2v) is 14.8. The van der Waals surface area contributed by atoms with Crippen molar-refractivity contribution in [2.45, 2.75) is 89.9 Å². The Balaban J connectivity index is 1.68. The van der Waals surface area contributed by atoms with Crippen LogP contribution in [0.3, 0.4) is 0 Å². The van der Waals surface area contributed by atoms with E-state index in [0.717, 1.165) is 36.6 Å². The van der Waals surface area contributed by atoms with Crippen molar-refractivity contribution in [2.75, 3.05) is 31.4 Å². The monoisotopic (exact) mass is 744 g/mol. The van der Waals surface area contributed by atoms with E-state index in [4.69, 9.17) is 40.2 Å². The number of ether oxygens (including phenoxy) is 2. The SMILES string of the molecule is CCCC(CCC)COC(=O)[C@H](C)NP(=O)(OCCCC(=O)CCl)OP(=O)(O)OC[C@H]1O[C@@H](n2cnc3c(=O)[nH]c(N)nc32)[C@H](O)[C@@H]1O. The van der Waals surface area contributed by atoms with Gasteiger partial charge in [-0.25, -0.2) is 19.2 Å². The summed E-state index contributed by atoms with van der Waals surface area (Å²) in [5.74, 6) is -1.52. The van der Waals surface area contributed by atoms with Gasteiger partial charge in [0.2, 0.25) is 5.95 Å². The summed E-state index contributed by atoms with van der Waals surface area (Å²) >= 11 is 5.50. The molecule has 1 saturated heterocycles. The number of Topliss-reactive ketones (excluding diaryl/α,β-unsaturated/α-hetero) is 1. The average Bonchev–Trinajstić information content (AvgIpc) is 3.56. The van der Waals surface area contributed by atoms with Crippen molar-refractivity contribution in [3.63, 3.8) is 0 Å². The van der Waals surface area contributed by atoms with Crippen molar-refractivity contribution in [2.24, 2.45) is 5.92 Å². The molecule has 2 aromatic heterocycles. The van der Waals surface area contributed by atoms with Crippen LogP contribution in [0.15, 0.2) is 11.1 Å². The number of aromatic nitrogens is 4. The maximum atomic E-state index is 13.6. The molecule has 0 radical (unpaired) electrons. The van der Waals surface area contributed by atoms with Crippen LogP contribution in [0.5, 0.6) is 0 Å². The van der Waals surface area contributed by atoms with Gasteiger partial charge < -0.3 is 30.3 Å². The molecular formula is C26H43ClN6O13P2. The molecule has 2 aromatic rings. The Bertz CT molecular complexity index is 1540. The van der Waals surface area contributed by atoms with Gasteiger partial charge in [0, 0.05) is 6.42 Å². The number of anilines is 1. The Morgan fingerprint density at radius 2 is 1.90 bits per heavy atom. The number of carbonyl (C=O) groups excluding carboxylic acids is 2. The summed E-state index contributed by atoms with van der Waals surface area (Å²) in [6, 6.07) is -1.33. The van der Waals surface area contributed by atoms with E-state index in [1.54, 1.807) is 0 Å². The van der Waals surface area contributed by atoms with E-state index in [1.807, 2.05) is 13.8 Å². The van der Waals surface area contributed by atoms with Crippen molar-refractivity contribution in [3.05, 3.63) is 16.7 Å². The highest BCUT2D eigenvalue weighted by Crippen LogP contribution is 2.61. The lowest BCUT2D eigenvalue weighted by Gasteiger charge is -2.25. The van der Waals surface area contributed by atoms with Crippen molar-refractivity contribution in [3.8, 4) is 0 Å². The minimum absolute atomic E-state index is 0.0163. The van der Waals surface area contributed by atoms with E-state index in [1.165, 1.54) is 6.92 Å². The average molecular weight is 745 g/mol. The third-order valence-electron chi connectivity index (χ3n) is 7.25. The minimum atomic E-state index is -5.31. The highest BCUT2D eigenvalue weighted by molar-refractivity contribution is 7.63. The first-order chi connectivity index (χ1) is 22.6. The Kier molecular flexibility index (Phi) is 15.1. The summed E-state index contributed by atoms with van der Waals surface area (Å²) in [6.07, 6.45) is -1.62. The molecule has 7 atom stereocenters. The van der Waals surface area contributed by atoms with Gasteiger partial charge in [0.05, 0.1) is 32.0 Å². The second kappa shape index (κ2) is 18.1. The number of alkyl halides is 1. The zero-order valence-corrected chi connectivity index (χ0v) is 29.3. The number of phosphoric acid groups is 1. The number of H-pyrrole nitrogens is 1. The lowest BCUT2D eigenvalue weighted by Crippen LogP contribution is -2.35. The van der Waals surface area contributed by atoms with Gasteiger partial charge in [-0.1, -0.05) is 26.7 Å². The third kappa shape index (κ3) is 11.1. The summed E-state index contributed by atoms with van der Waals surface area (Å²) in [4.78, 5) is 57.1. The summed E-state index contributed by atoms with van der Waals surface area (Å²) < 4.78 is 53.9. The van der Waals surface area contributed by atoms with Crippen LogP contribution in [0.2, 0.25) is 0 Å². The fourth-order valence-corrected chi connectivity index (χ4v) is 8.05. The number of fused-ring (bicyclic) bond motifs is 1. The molecule has 0 spiro atoms. The van der Waals surface area contributed by atoms with Gasteiger partial charge in [-0.3, -0.25) is 33.0 Å². The van der Waals surface area contributed by atoms with Crippen LogP contribution >= 0.6 is 27.2 Å². The molecule has 0 saturated carbocycles. The third-order valence-corrected chi connectivity index (χ3v) is 10.9. The number of hydrogen-bond donors (Lipinski definition) is 6. The molecule has 19 nitrogen and oxygen atoms in total. The number of nitrogens with one attached hydrogen (secondary N) is 2. The topological polar surface area (TPSA) is 277 Å². The van der Waals surface area contributed by atoms with Gasteiger partial charge >= 0.3 is 21.5 Å². The first-order valence-electron chi connectivity index (χ1n) is 15.3. The fraction of sp³-hybridized carbons (Fsp3) is 0.731. The predicted octanol–water partition coefficient (Wildman–Crippen LogP) is 1.91. The number of nitrogens with zero attached hydrogens (tertiary/aromatic N) is 3. The number of halogens is 1. The number of phosphoric ester groups is 1. The number of aliphatic hydroxyl groups excluding tert-OH is 2. The van der Waals surface area contributed by atoms with Crippen LogP contribution in [0.25, 0.3) is 11.2 Å². The molecule has 48 heavy (non-hydrogen) atoms. The number of aromatic amines is 1. The lowest BCUT2D eigenvalue weighted by atomic mass is 9.99. The summed E-state index contributed by atoms with van der Waals surface area (Å²) in [5, 5.41) is 23.5. The van der Waals surface area contributed by atoms with Gasteiger partial charge in [0.1, 0.15) is 30.1 Å². The number of nitrogens with two attached hydrogens (primary N) is 1. The Hall–Kier alpha value is -2.28. The highest BCUT2D eigenvalue weighted by Gasteiger charge is 2.46. The first-order valence-corrected chi connectivity index (χ1v) is 18.9. The van der Waals surface area contributed by atoms with E-state index < -0.39 is 70.9 Å². The molecule has 22 heteroatoms. The van der Waals surface area contributed by atoms with Crippen LogP contribution in [-0.4, -0.2) is 96.4 Å². The molecule has 7 N–H and O–H groups in total. The Labute approximate surface area is 281 Å². The smallest absolute Gasteiger partial charge is 0.464 e. The number of ketones is 1. The van der Waals surface area contributed by atoms with Crippen LogP contribution in [0, 0.1) is 5.92 Å². The predicted molar refractivity (Wildman–Crippen MR) is 171 cm³/mol. The molecule has 0 aliphatic carbocycles. The Morgan fingerprint density at radius 3 is 2.54 bits per heavy atom. The Morgan fingerprint density at radius 1 is 1.21 bits per heavy atom. The zero-order valence-electron chi connectivity index (χ0n) is 26.7. The van der Waals surface area contributed by atoms with E-state index in [-0.39, 0.29) is 54.1 Å². The van der Waals surface area contributed by atoms with E-state index >= 15 is 0 Å². The molecule has 272 valence electrons. The van der Waals surface area contributed by atoms with Crippen molar-refractivity contribution in [1.82, 2.24) is 24.6 Å². The number of aliphatic hydroxyl groups is 2. The maximum absolute atomic E-state index is 13.6. The molecule has 0 amide bonds. The highest BCUT2D eigenvalue weighted by atomic mass is 35.5. The number of esters is 1. The molecule has 1 fully saturated rings. The fourth-order valence-electron chi connectivity index (χ4n) is 4.90. The van der Waals surface area contributed by atoms with E-state index in [2.05, 4.69) is 20.0 Å². The zero-order chi connectivity index (χ0) is 35.6. The van der Waals surface area contributed by atoms with Gasteiger partial charge in [-0.05, 0) is 32.1 Å². The van der Waals surface area contributed by atoms with Crippen molar-refractivity contribution in [1.29, 1.82) is 0 Å². The van der Waals surface area contributed by atoms with Crippen LogP contribution in [0.4, 0.5) is 5.95 Å². The van der Waals surface area contributed by atoms with Crippen LogP contribution in [0.1, 0.15) is 65.5 Å². The van der Waals surface area contributed by atoms with E-state index in [0.29, 0.717) is 0 Å². The van der Waals surface area contributed by atoms with Gasteiger partial charge in [-0.15, -0.1) is 11.6 Å². The molecule has 3 heterocycles. The molecule has 0 aromatic carbocycles. The minimum Gasteiger partial charge on any atom is -0.464 e. The summed E-state index contributed by atoms with van der Waals surface area (Å²) in [5.41, 5.74) is 4.75. The van der Waals surface area contributed by atoms with Crippen LogP contribution in [-0.2, 0) is 41.6 Å². The standard InChI is InChI=1S/C26H43ClN6O13P2/c1-4-7-16(8-5-2)12-42-25(38)15(3)32-47(39,43-10-6-9-17(34)11-27)46-48(40,41)44-13-18-20(35)21(36)24(45-18)33-14-29-19-22(33)30-26(28)31-23(19)37/h14-16,18,20-21,24,35-36H,4-13H2,1-3H3,(H,32,39)(H,40,41)(H3,28,30,31,37)/t15-,18+,20+,21+,24+,47?/m0/s1. The summed E-state index contributed by atoms with van der Waals surface area (Å²) in [7, 11) is -10.1. The molecular weight excluding hydrogens is 702 g/mol. The number of nitrogen functional groups attached to an aromatic ring is 1. The molecule has 3 rings (SSSR count). The number of hydrogen-bond acceptors (Lipinski definition) is 15. The summed E-state index contributed by atoms with van der Waals surface area (Å²) in [6.45, 7) is 4.15. The van der Waals surface area contributed by atoms with Crippen molar-refractivity contribution < 1.29 is 56.7 Å². The normalized spacial score (nSPS) is 22.8. The molecule has 2 unspecified atom stereocenters. The molecule has 0 bridgehead atoms. The number of carbonyl (C=O) groups is 2. The molecule has 1 aliphatic heterocycles. The maximum Gasteiger partial charge on any atom is 0.480 e. The van der Waals surface area contributed by atoms with E-state index in [9.17, 15) is 38.6 Å². The van der Waals surface area contributed by atoms with Crippen LogP contribution < -0.4 is 16.4 Å². The van der Waals surface area contributed by atoms with Gasteiger partial charge in [-0.2, -0.15) is 9.29 Å². The lowest BCUT2D eigenvalue weighted by molar-refractivity contribution is -0.146. The first kappa shape index (κ1) is 40.2. The van der Waals surface area contributed by atoms with Gasteiger partial charge in [0.15, 0.2) is 17.4 Å². The van der Waals surface area contributed by atoms with Crippen molar-refractivity contribution >= 4 is 56.0 Å². The number of rotatable bonds is 21. The number of imidazole rings is 1. The second-order valence-electron chi connectivity index (χ2n) is 11.2. The largest absolute Gasteiger partial charge is 0.480 e. The molecule has 1 aliphatic rings.